The molecule has 3 N–H and O–H groups in total. The number of hydrogen-bond donors (Lipinski definition) is 3. The first kappa shape index (κ1) is 24.0. The number of amides is 1. The summed E-state index contributed by atoms with van der Waals surface area (Å²) in [5.74, 6) is 1.27. The van der Waals surface area contributed by atoms with Crippen molar-refractivity contribution in [2.24, 2.45) is 16.7 Å². The van der Waals surface area contributed by atoms with Gasteiger partial charge in [0, 0.05) is 36.7 Å². The summed E-state index contributed by atoms with van der Waals surface area (Å²) in [4.78, 5) is 24.3. The fraction of sp³-hybridized carbons (Fsp3) is 0.607. The number of anilines is 3. The van der Waals surface area contributed by atoms with Crippen LogP contribution in [0.15, 0.2) is 36.5 Å². The van der Waals surface area contributed by atoms with E-state index in [1.807, 2.05) is 18.2 Å². The fourth-order valence-electron chi connectivity index (χ4n) is 6.55. The third kappa shape index (κ3) is 5.01. The van der Waals surface area contributed by atoms with Crippen molar-refractivity contribution in [3.8, 4) is 0 Å². The lowest BCUT2D eigenvalue weighted by Crippen LogP contribution is -2.47. The summed E-state index contributed by atoms with van der Waals surface area (Å²) in [6.45, 7) is 11.6. The van der Waals surface area contributed by atoms with Crippen molar-refractivity contribution < 1.29 is 4.79 Å². The molecule has 1 aromatic heterocycles. The van der Waals surface area contributed by atoms with Crippen LogP contribution in [0.5, 0.6) is 0 Å². The second-order valence-corrected chi connectivity index (χ2v) is 11.5. The highest BCUT2D eigenvalue weighted by molar-refractivity contribution is 5.78. The minimum atomic E-state index is 0.0496. The molecule has 3 atom stereocenters. The van der Waals surface area contributed by atoms with Gasteiger partial charge >= 0.3 is 0 Å². The summed E-state index contributed by atoms with van der Waals surface area (Å²) in [6, 6.07) is 10.3. The van der Waals surface area contributed by atoms with E-state index in [1.165, 1.54) is 38.8 Å². The molecular formula is C28H40N6O. The van der Waals surface area contributed by atoms with Crippen LogP contribution in [-0.4, -0.2) is 53.0 Å². The Morgan fingerprint density at radius 2 is 1.83 bits per heavy atom. The summed E-state index contributed by atoms with van der Waals surface area (Å²) in [6.07, 6.45) is 8.22. The Balaban J connectivity index is 1.12. The molecule has 7 heteroatoms. The van der Waals surface area contributed by atoms with Crippen LogP contribution >= 0.6 is 0 Å². The molecule has 1 amide bonds. The zero-order valence-corrected chi connectivity index (χ0v) is 21.4. The molecule has 1 aromatic carbocycles. The molecule has 3 aliphatic rings. The van der Waals surface area contributed by atoms with Crippen molar-refractivity contribution in [2.45, 2.75) is 65.3 Å². The molecule has 2 aliphatic carbocycles. The summed E-state index contributed by atoms with van der Waals surface area (Å²) in [7, 11) is 0. The molecule has 2 heterocycles. The van der Waals surface area contributed by atoms with Gasteiger partial charge in [-0.25, -0.2) is 9.97 Å². The number of nitrogens with zero attached hydrogens (tertiary/aromatic N) is 3. The molecule has 35 heavy (non-hydrogen) atoms. The van der Waals surface area contributed by atoms with E-state index in [9.17, 15) is 4.79 Å². The maximum Gasteiger partial charge on any atom is 0.227 e. The van der Waals surface area contributed by atoms with Gasteiger partial charge in [-0.15, -0.1) is 0 Å². The van der Waals surface area contributed by atoms with Gasteiger partial charge in [-0.3, -0.25) is 4.79 Å². The fourth-order valence-corrected chi connectivity index (χ4v) is 6.55. The topological polar surface area (TPSA) is 82.2 Å². The standard InChI is InChI=1S/C28H40N6O/c1-27(2)20-10-12-28(27,3)24(18-20)33-25(35)19-23-11-13-30-26(32-23)31-22-8-6-21(7-9-22)29-14-17-34-15-4-5-16-34/h6-9,11,13,20,24,29H,4-5,10,12,14-19H2,1-3H3,(H,33,35)(H,30,31,32). The van der Waals surface area contributed by atoms with E-state index in [2.05, 4.69) is 63.7 Å². The summed E-state index contributed by atoms with van der Waals surface area (Å²) < 4.78 is 0. The average molecular weight is 477 g/mol. The maximum absolute atomic E-state index is 12.9. The first-order chi connectivity index (χ1) is 16.8. The number of likely N-dealkylation sites (tertiary alicyclic amines) is 1. The Kier molecular flexibility index (Phi) is 6.71. The first-order valence-corrected chi connectivity index (χ1v) is 13.3. The molecule has 188 valence electrons. The molecule has 0 radical (unpaired) electrons. The Bertz CT molecular complexity index is 1030. The zero-order valence-electron chi connectivity index (χ0n) is 21.4. The number of carbonyl (C=O) groups is 1. The van der Waals surface area contributed by atoms with E-state index in [-0.39, 0.29) is 29.2 Å². The molecule has 3 fully saturated rings. The highest BCUT2D eigenvalue weighted by atomic mass is 16.1. The quantitative estimate of drug-likeness (QED) is 0.491. The van der Waals surface area contributed by atoms with E-state index < -0.39 is 0 Å². The van der Waals surface area contributed by atoms with E-state index in [0.29, 0.717) is 11.9 Å². The SMILES string of the molecule is CC1(C)C2CCC1(C)C(NC(=O)Cc1ccnc(Nc3ccc(NCCN4CCCC4)cc3)n1)C2. The number of rotatable bonds is 9. The largest absolute Gasteiger partial charge is 0.384 e. The molecule has 2 saturated carbocycles. The van der Waals surface area contributed by atoms with Crippen LogP contribution in [0.1, 0.15) is 58.6 Å². The predicted octanol–water partition coefficient (Wildman–Crippen LogP) is 4.60. The van der Waals surface area contributed by atoms with Gasteiger partial charge in [0.15, 0.2) is 0 Å². The maximum atomic E-state index is 12.9. The lowest BCUT2D eigenvalue weighted by atomic mass is 9.69. The number of fused-ring (bicyclic) bond motifs is 2. The van der Waals surface area contributed by atoms with Crippen LogP contribution in [0.4, 0.5) is 17.3 Å². The highest BCUT2D eigenvalue weighted by Gasteiger charge is 2.61. The van der Waals surface area contributed by atoms with Gasteiger partial charge in [0.05, 0.1) is 12.1 Å². The Morgan fingerprint density at radius 1 is 1.09 bits per heavy atom. The Hall–Kier alpha value is -2.67. The predicted molar refractivity (Wildman–Crippen MR) is 141 cm³/mol. The third-order valence-electron chi connectivity index (χ3n) is 9.28. The average Bonchev–Trinajstić information content (AvgIpc) is 3.47. The second-order valence-electron chi connectivity index (χ2n) is 11.5. The minimum Gasteiger partial charge on any atom is -0.384 e. The van der Waals surface area contributed by atoms with Crippen molar-refractivity contribution in [3.05, 3.63) is 42.2 Å². The van der Waals surface area contributed by atoms with Gasteiger partial charge in [0.1, 0.15) is 0 Å². The van der Waals surface area contributed by atoms with E-state index >= 15 is 0 Å². The molecular weight excluding hydrogens is 436 g/mol. The summed E-state index contributed by atoms with van der Waals surface area (Å²) >= 11 is 0. The van der Waals surface area contributed by atoms with Crippen molar-refractivity contribution in [1.29, 1.82) is 0 Å². The van der Waals surface area contributed by atoms with E-state index in [0.717, 1.165) is 36.6 Å². The van der Waals surface area contributed by atoms with Crippen LogP contribution in [0.2, 0.25) is 0 Å². The molecule has 5 rings (SSSR count). The summed E-state index contributed by atoms with van der Waals surface area (Å²) in [5, 5.41) is 10.1. The molecule has 1 saturated heterocycles. The minimum absolute atomic E-state index is 0.0496. The van der Waals surface area contributed by atoms with Crippen molar-refractivity contribution in [3.63, 3.8) is 0 Å². The highest BCUT2D eigenvalue weighted by Crippen LogP contribution is 2.65. The van der Waals surface area contributed by atoms with Crippen LogP contribution in [0, 0.1) is 16.7 Å². The van der Waals surface area contributed by atoms with Gasteiger partial charge in [-0.05, 0) is 92.3 Å². The number of hydrogen-bond acceptors (Lipinski definition) is 6. The zero-order chi connectivity index (χ0) is 24.5. The van der Waals surface area contributed by atoms with E-state index in [4.69, 9.17) is 0 Å². The monoisotopic (exact) mass is 476 g/mol. The van der Waals surface area contributed by atoms with Gasteiger partial charge in [0.2, 0.25) is 11.9 Å². The molecule has 0 spiro atoms. The first-order valence-electron chi connectivity index (χ1n) is 13.3. The van der Waals surface area contributed by atoms with Crippen molar-refractivity contribution >= 4 is 23.2 Å². The van der Waals surface area contributed by atoms with Gasteiger partial charge in [-0.1, -0.05) is 20.8 Å². The molecule has 2 bridgehead atoms. The van der Waals surface area contributed by atoms with Gasteiger partial charge < -0.3 is 20.9 Å². The number of carbonyl (C=O) groups excluding carboxylic acids is 1. The molecule has 3 unspecified atom stereocenters. The second kappa shape index (κ2) is 9.76. The lowest BCUT2D eigenvalue weighted by molar-refractivity contribution is -0.122. The Morgan fingerprint density at radius 3 is 2.51 bits per heavy atom. The third-order valence-corrected chi connectivity index (χ3v) is 9.28. The molecule has 1 aliphatic heterocycles. The van der Waals surface area contributed by atoms with Crippen molar-refractivity contribution in [2.75, 3.05) is 36.8 Å². The number of benzene rings is 1. The molecule has 2 aromatic rings. The van der Waals surface area contributed by atoms with Crippen LogP contribution in [-0.2, 0) is 11.2 Å². The Labute approximate surface area is 209 Å². The van der Waals surface area contributed by atoms with Gasteiger partial charge in [0.25, 0.3) is 0 Å². The van der Waals surface area contributed by atoms with Gasteiger partial charge in [-0.2, -0.15) is 0 Å². The van der Waals surface area contributed by atoms with E-state index in [1.54, 1.807) is 6.20 Å². The normalized spacial score (nSPS) is 27.2. The summed E-state index contributed by atoms with van der Waals surface area (Å²) in [5.41, 5.74) is 3.23. The van der Waals surface area contributed by atoms with Crippen LogP contribution < -0.4 is 16.0 Å². The lowest BCUT2D eigenvalue weighted by Gasteiger charge is -2.39. The number of aromatic nitrogens is 2. The number of nitrogens with one attached hydrogen (secondary N) is 3. The van der Waals surface area contributed by atoms with Crippen LogP contribution in [0.25, 0.3) is 0 Å². The van der Waals surface area contributed by atoms with Crippen molar-refractivity contribution in [1.82, 2.24) is 20.2 Å². The van der Waals surface area contributed by atoms with Crippen LogP contribution in [0.3, 0.4) is 0 Å². The molecule has 7 nitrogen and oxygen atoms in total. The smallest absolute Gasteiger partial charge is 0.227 e.